The van der Waals surface area contributed by atoms with Crippen LogP contribution in [0.3, 0.4) is 0 Å². The number of rotatable bonds is 6. The van der Waals surface area contributed by atoms with Gasteiger partial charge in [-0.3, -0.25) is 9.59 Å². The van der Waals surface area contributed by atoms with Crippen molar-refractivity contribution in [2.24, 2.45) is 11.3 Å². The van der Waals surface area contributed by atoms with Gasteiger partial charge in [0.15, 0.2) is 0 Å². The van der Waals surface area contributed by atoms with Crippen molar-refractivity contribution in [3.63, 3.8) is 0 Å². The van der Waals surface area contributed by atoms with E-state index in [1.54, 1.807) is 19.9 Å². The molecule has 0 saturated carbocycles. The van der Waals surface area contributed by atoms with Crippen LogP contribution in [0.1, 0.15) is 26.7 Å². The SMILES string of the molecule is C=CCC(C(=O)Cl)C(C)(C)CC(=O)Cl. The van der Waals surface area contributed by atoms with Crippen LogP contribution in [-0.2, 0) is 9.59 Å². The Balaban J connectivity index is 4.69. The second-order valence-corrected chi connectivity index (χ2v) is 4.70. The quantitative estimate of drug-likeness (QED) is 0.525. The number of hydrogen-bond acceptors (Lipinski definition) is 2. The van der Waals surface area contributed by atoms with Gasteiger partial charge < -0.3 is 0 Å². The fourth-order valence-corrected chi connectivity index (χ4v) is 2.10. The minimum Gasteiger partial charge on any atom is -0.281 e. The molecular formula is C10H14Cl2O2. The molecule has 0 radical (unpaired) electrons. The largest absolute Gasteiger partial charge is 0.281 e. The van der Waals surface area contributed by atoms with Crippen LogP contribution >= 0.6 is 23.2 Å². The van der Waals surface area contributed by atoms with E-state index in [1.807, 2.05) is 0 Å². The molecule has 0 bridgehead atoms. The molecule has 0 N–H and O–H groups in total. The fraction of sp³-hybridized carbons (Fsp3) is 0.600. The van der Waals surface area contributed by atoms with Gasteiger partial charge in [0.2, 0.25) is 10.5 Å². The zero-order valence-corrected chi connectivity index (χ0v) is 9.86. The van der Waals surface area contributed by atoms with Crippen LogP contribution in [0.15, 0.2) is 12.7 Å². The molecule has 0 aromatic carbocycles. The average molecular weight is 237 g/mol. The standard InChI is InChI=1S/C10H14Cl2O2/c1-4-5-7(9(12)14)10(2,3)6-8(11)13/h4,7H,1,5-6H2,2-3H3. The third-order valence-electron chi connectivity index (χ3n) is 2.21. The highest BCUT2D eigenvalue weighted by Gasteiger charge is 2.34. The number of carbonyl (C=O) groups is 2. The Morgan fingerprint density at radius 2 is 1.93 bits per heavy atom. The molecular weight excluding hydrogens is 223 g/mol. The predicted octanol–water partition coefficient (Wildman–Crippen LogP) is 3.13. The van der Waals surface area contributed by atoms with E-state index in [9.17, 15) is 9.59 Å². The van der Waals surface area contributed by atoms with Gasteiger partial charge in [-0.2, -0.15) is 0 Å². The monoisotopic (exact) mass is 236 g/mol. The summed E-state index contributed by atoms with van der Waals surface area (Å²) >= 11 is 10.7. The van der Waals surface area contributed by atoms with E-state index in [2.05, 4.69) is 6.58 Å². The zero-order valence-electron chi connectivity index (χ0n) is 8.35. The summed E-state index contributed by atoms with van der Waals surface area (Å²) in [5.74, 6) is -0.413. The lowest BCUT2D eigenvalue weighted by molar-refractivity contribution is -0.120. The third kappa shape index (κ3) is 4.25. The van der Waals surface area contributed by atoms with Gasteiger partial charge in [0.25, 0.3) is 0 Å². The van der Waals surface area contributed by atoms with Gasteiger partial charge in [0, 0.05) is 12.3 Å². The van der Waals surface area contributed by atoms with Crippen molar-refractivity contribution >= 4 is 33.7 Å². The number of allylic oxidation sites excluding steroid dienone is 1. The second-order valence-electron chi connectivity index (χ2n) is 3.90. The summed E-state index contributed by atoms with van der Waals surface area (Å²) in [6, 6.07) is 0. The maximum atomic E-state index is 11.1. The van der Waals surface area contributed by atoms with Crippen molar-refractivity contribution in [1.29, 1.82) is 0 Å². The van der Waals surface area contributed by atoms with E-state index in [0.29, 0.717) is 6.42 Å². The van der Waals surface area contributed by atoms with Crippen molar-refractivity contribution < 1.29 is 9.59 Å². The first-order valence-corrected chi connectivity index (χ1v) is 5.05. The molecule has 0 rings (SSSR count). The first-order valence-electron chi connectivity index (χ1n) is 4.30. The Bertz CT molecular complexity index is 247. The molecule has 0 saturated heterocycles. The molecule has 1 unspecified atom stereocenters. The Morgan fingerprint density at radius 3 is 2.21 bits per heavy atom. The molecule has 2 nitrogen and oxygen atoms in total. The number of halogens is 2. The molecule has 0 heterocycles. The summed E-state index contributed by atoms with van der Waals surface area (Å²) in [5.41, 5.74) is -0.522. The molecule has 0 amide bonds. The van der Waals surface area contributed by atoms with Crippen LogP contribution in [0.4, 0.5) is 0 Å². The smallest absolute Gasteiger partial charge is 0.225 e. The van der Waals surface area contributed by atoms with Crippen LogP contribution in [0.2, 0.25) is 0 Å². The maximum Gasteiger partial charge on any atom is 0.225 e. The van der Waals surface area contributed by atoms with E-state index in [1.165, 1.54) is 0 Å². The van der Waals surface area contributed by atoms with Crippen LogP contribution in [0.25, 0.3) is 0 Å². The molecule has 0 spiro atoms. The van der Waals surface area contributed by atoms with Crippen molar-refractivity contribution in [3.05, 3.63) is 12.7 Å². The molecule has 0 aromatic rings. The van der Waals surface area contributed by atoms with Crippen molar-refractivity contribution in [2.45, 2.75) is 26.7 Å². The lowest BCUT2D eigenvalue weighted by Gasteiger charge is -2.29. The molecule has 0 aromatic heterocycles. The van der Waals surface area contributed by atoms with E-state index >= 15 is 0 Å². The molecule has 0 aliphatic carbocycles. The third-order valence-corrected chi connectivity index (χ3v) is 2.61. The summed E-state index contributed by atoms with van der Waals surface area (Å²) in [6.45, 7) is 7.13. The predicted molar refractivity (Wildman–Crippen MR) is 58.4 cm³/mol. The van der Waals surface area contributed by atoms with Crippen LogP contribution in [0, 0.1) is 11.3 Å². The van der Waals surface area contributed by atoms with Crippen molar-refractivity contribution in [1.82, 2.24) is 0 Å². The van der Waals surface area contributed by atoms with Gasteiger partial charge in [0.05, 0.1) is 0 Å². The molecule has 14 heavy (non-hydrogen) atoms. The first-order chi connectivity index (χ1) is 6.31. The van der Waals surface area contributed by atoms with Crippen molar-refractivity contribution in [2.75, 3.05) is 0 Å². The minimum absolute atomic E-state index is 0.130. The molecule has 0 aliphatic rings. The van der Waals surface area contributed by atoms with Gasteiger partial charge in [-0.15, -0.1) is 6.58 Å². The summed E-state index contributed by atoms with van der Waals surface area (Å²) in [5, 5.41) is -0.908. The van der Waals surface area contributed by atoms with E-state index in [4.69, 9.17) is 23.2 Å². The van der Waals surface area contributed by atoms with Gasteiger partial charge in [-0.05, 0) is 35.0 Å². The van der Waals surface area contributed by atoms with Crippen molar-refractivity contribution in [3.8, 4) is 0 Å². The minimum atomic E-state index is -0.522. The van der Waals surface area contributed by atoms with E-state index in [0.717, 1.165) is 0 Å². The van der Waals surface area contributed by atoms with Crippen LogP contribution in [0.5, 0.6) is 0 Å². The topological polar surface area (TPSA) is 34.1 Å². The highest BCUT2D eigenvalue weighted by molar-refractivity contribution is 6.64. The van der Waals surface area contributed by atoms with Gasteiger partial charge in [-0.25, -0.2) is 0 Å². The Hall–Kier alpha value is -0.340. The molecule has 0 fully saturated rings. The van der Waals surface area contributed by atoms with Gasteiger partial charge >= 0.3 is 0 Å². The van der Waals surface area contributed by atoms with Crippen LogP contribution < -0.4 is 0 Å². The molecule has 1 atom stereocenters. The molecule has 80 valence electrons. The normalized spacial score (nSPS) is 13.4. The summed E-state index contributed by atoms with van der Waals surface area (Å²) in [7, 11) is 0. The lowest BCUT2D eigenvalue weighted by atomic mass is 9.75. The van der Waals surface area contributed by atoms with E-state index < -0.39 is 21.8 Å². The summed E-state index contributed by atoms with van der Waals surface area (Å²) < 4.78 is 0. The highest BCUT2D eigenvalue weighted by atomic mass is 35.5. The number of hydrogen-bond donors (Lipinski definition) is 0. The lowest BCUT2D eigenvalue weighted by Crippen LogP contribution is -2.29. The van der Waals surface area contributed by atoms with Gasteiger partial charge in [-0.1, -0.05) is 19.9 Å². The summed E-state index contributed by atoms with van der Waals surface area (Å²) in [4.78, 5) is 21.9. The highest BCUT2D eigenvalue weighted by Crippen LogP contribution is 2.35. The Labute approximate surface area is 94.3 Å². The maximum absolute atomic E-state index is 11.1. The Kier molecular flexibility index (Phi) is 5.38. The van der Waals surface area contributed by atoms with Crippen LogP contribution in [-0.4, -0.2) is 10.5 Å². The van der Waals surface area contributed by atoms with E-state index in [-0.39, 0.29) is 6.42 Å². The molecule has 0 aliphatic heterocycles. The number of carbonyl (C=O) groups excluding carboxylic acids is 2. The molecule has 4 heteroatoms. The Morgan fingerprint density at radius 1 is 1.43 bits per heavy atom. The fourth-order valence-electron chi connectivity index (χ4n) is 1.37. The zero-order chi connectivity index (χ0) is 11.4. The average Bonchev–Trinajstić information content (AvgIpc) is 1.96. The first kappa shape index (κ1) is 13.7. The summed E-state index contributed by atoms with van der Waals surface area (Å²) in [6.07, 6.45) is 2.20. The van der Waals surface area contributed by atoms with Gasteiger partial charge in [0.1, 0.15) is 0 Å². The second kappa shape index (κ2) is 5.52.